The molecule has 2 rings (SSSR count). The molecule has 0 spiro atoms. The number of nitrogens with one attached hydrogen (secondary N) is 2. The van der Waals surface area contributed by atoms with Crippen molar-refractivity contribution in [3.63, 3.8) is 0 Å². The Kier molecular flexibility index (Phi) is 7.55. The molecule has 1 saturated heterocycles. The van der Waals surface area contributed by atoms with E-state index < -0.39 is 15.8 Å². The number of rotatable bonds is 8. The number of hydrogen-bond donors (Lipinski definition) is 2. The molecule has 1 heterocycles. The second kappa shape index (κ2) is 9.43. The summed E-state index contributed by atoms with van der Waals surface area (Å²) in [7, 11) is -2.46. The van der Waals surface area contributed by atoms with E-state index in [-0.39, 0.29) is 17.3 Å². The molecule has 0 bridgehead atoms. The molecule has 1 aromatic carbocycles. The number of nitrogens with zero attached hydrogens (tertiary/aromatic N) is 1. The Labute approximate surface area is 155 Å². The molecule has 1 fully saturated rings. The van der Waals surface area contributed by atoms with Gasteiger partial charge in [0.1, 0.15) is 5.82 Å². The van der Waals surface area contributed by atoms with Crippen molar-refractivity contribution < 1.29 is 22.5 Å². The number of benzene rings is 1. The number of quaternary nitrogens is 1. The number of hydrogen-bond acceptors (Lipinski definition) is 3. The molecule has 1 aliphatic rings. The maximum absolute atomic E-state index is 12.9. The van der Waals surface area contributed by atoms with Gasteiger partial charge in [-0.05, 0) is 50.5 Å². The number of piperidine rings is 1. The van der Waals surface area contributed by atoms with Crippen molar-refractivity contribution in [2.24, 2.45) is 0 Å². The number of halogens is 1. The van der Waals surface area contributed by atoms with Crippen LogP contribution in [0.4, 0.5) is 4.39 Å². The Balaban J connectivity index is 1.75. The highest BCUT2D eigenvalue weighted by atomic mass is 32.2. The van der Waals surface area contributed by atoms with Crippen LogP contribution in [-0.2, 0) is 14.8 Å². The first-order valence-electron chi connectivity index (χ1n) is 9.14. The van der Waals surface area contributed by atoms with Crippen LogP contribution in [0.2, 0.25) is 0 Å². The van der Waals surface area contributed by atoms with Crippen LogP contribution in [0.25, 0.3) is 0 Å². The summed E-state index contributed by atoms with van der Waals surface area (Å²) < 4.78 is 38.7. The van der Waals surface area contributed by atoms with Gasteiger partial charge < -0.3 is 10.2 Å². The molecule has 0 aromatic heterocycles. The highest BCUT2D eigenvalue weighted by Crippen LogP contribution is 2.14. The molecule has 6 nitrogen and oxygen atoms in total. The Morgan fingerprint density at radius 2 is 2.00 bits per heavy atom. The van der Waals surface area contributed by atoms with E-state index in [2.05, 4.69) is 12.2 Å². The van der Waals surface area contributed by atoms with Gasteiger partial charge in [0.15, 0.2) is 0 Å². The first-order valence-corrected chi connectivity index (χ1v) is 10.6. The molecule has 1 aromatic rings. The zero-order chi connectivity index (χ0) is 19.2. The van der Waals surface area contributed by atoms with Gasteiger partial charge >= 0.3 is 0 Å². The van der Waals surface area contributed by atoms with E-state index in [9.17, 15) is 17.6 Å². The molecular formula is C18H29FN3O3S+. The van der Waals surface area contributed by atoms with Gasteiger partial charge in [-0.3, -0.25) is 4.79 Å². The van der Waals surface area contributed by atoms with Gasteiger partial charge in [0.2, 0.25) is 15.9 Å². The first kappa shape index (κ1) is 20.8. The Morgan fingerprint density at radius 1 is 1.31 bits per heavy atom. The number of likely N-dealkylation sites (tertiary alicyclic amines) is 1. The van der Waals surface area contributed by atoms with Crippen molar-refractivity contribution in [2.45, 2.75) is 43.5 Å². The molecule has 2 atom stereocenters. The number of sulfonamides is 1. The molecule has 2 N–H and O–H groups in total. The fraction of sp³-hybridized carbons (Fsp3) is 0.611. The van der Waals surface area contributed by atoms with Crippen molar-refractivity contribution in [1.82, 2.24) is 9.62 Å². The molecule has 1 aliphatic heterocycles. The van der Waals surface area contributed by atoms with Crippen LogP contribution < -0.4 is 10.2 Å². The van der Waals surface area contributed by atoms with Gasteiger partial charge in [0, 0.05) is 20.0 Å². The van der Waals surface area contributed by atoms with E-state index in [1.165, 1.54) is 45.0 Å². The lowest BCUT2D eigenvalue weighted by molar-refractivity contribution is -0.928. The Morgan fingerprint density at radius 3 is 2.65 bits per heavy atom. The second-order valence-corrected chi connectivity index (χ2v) is 9.02. The molecule has 1 amide bonds. The zero-order valence-corrected chi connectivity index (χ0v) is 16.3. The molecule has 0 saturated carbocycles. The van der Waals surface area contributed by atoms with Crippen LogP contribution in [0.3, 0.4) is 0 Å². The summed E-state index contributed by atoms with van der Waals surface area (Å²) in [6, 6.07) is 5.24. The maximum Gasteiger partial charge on any atom is 0.243 e. The van der Waals surface area contributed by atoms with Gasteiger partial charge in [0.05, 0.1) is 30.6 Å². The summed E-state index contributed by atoms with van der Waals surface area (Å²) in [5, 5.41) is 2.78. The van der Waals surface area contributed by atoms with E-state index in [1.54, 1.807) is 4.90 Å². The average Bonchev–Trinajstić information content (AvgIpc) is 2.60. The summed E-state index contributed by atoms with van der Waals surface area (Å²) >= 11 is 0. The predicted molar refractivity (Wildman–Crippen MR) is 97.9 cm³/mol. The minimum atomic E-state index is -3.80. The smallest absolute Gasteiger partial charge is 0.243 e. The van der Waals surface area contributed by atoms with Crippen molar-refractivity contribution >= 4 is 15.9 Å². The summed E-state index contributed by atoms with van der Waals surface area (Å²) in [6.45, 7) is 4.76. The summed E-state index contributed by atoms with van der Waals surface area (Å²) in [4.78, 5) is 13.6. The second-order valence-electron chi connectivity index (χ2n) is 6.97. The minimum absolute atomic E-state index is 0.0307. The summed E-state index contributed by atoms with van der Waals surface area (Å²) in [5.74, 6) is -0.839. The van der Waals surface area contributed by atoms with Crippen LogP contribution in [0.15, 0.2) is 29.2 Å². The van der Waals surface area contributed by atoms with E-state index in [0.29, 0.717) is 12.6 Å². The van der Waals surface area contributed by atoms with E-state index in [0.717, 1.165) is 29.4 Å². The van der Waals surface area contributed by atoms with Crippen molar-refractivity contribution in [3.8, 4) is 0 Å². The van der Waals surface area contributed by atoms with Gasteiger partial charge in [-0.15, -0.1) is 0 Å². The van der Waals surface area contributed by atoms with Gasteiger partial charge in [-0.1, -0.05) is 0 Å². The lowest BCUT2D eigenvalue weighted by Gasteiger charge is -2.30. The standard InChI is InChI=1S/C18H28FN3O3S/c1-15-6-3-4-12-22(15)13-5-11-20-18(23)14-21(2)26(24,25)17-9-7-16(19)8-10-17/h7-10,15H,3-6,11-14H2,1-2H3,(H,20,23)/p+1/t15-/m1/s1. The van der Waals surface area contributed by atoms with Gasteiger partial charge in [-0.25, -0.2) is 12.8 Å². The SMILES string of the molecule is C[C@@H]1CCCC[NH+]1CCCNC(=O)CN(C)S(=O)(=O)c1ccc(F)cc1. The molecule has 1 unspecified atom stereocenters. The van der Waals surface area contributed by atoms with Gasteiger partial charge in [0.25, 0.3) is 0 Å². The third-order valence-corrected chi connectivity index (χ3v) is 6.78. The lowest BCUT2D eigenvalue weighted by atomic mass is 10.0. The third-order valence-electron chi connectivity index (χ3n) is 4.97. The van der Waals surface area contributed by atoms with Crippen LogP contribution in [0, 0.1) is 5.82 Å². The maximum atomic E-state index is 12.9. The zero-order valence-electron chi connectivity index (χ0n) is 15.5. The molecular weight excluding hydrogens is 357 g/mol. The predicted octanol–water partition coefficient (Wildman–Crippen LogP) is 0.410. The topological polar surface area (TPSA) is 70.9 Å². The van der Waals surface area contributed by atoms with Crippen molar-refractivity contribution in [3.05, 3.63) is 30.1 Å². The van der Waals surface area contributed by atoms with Crippen molar-refractivity contribution in [1.29, 1.82) is 0 Å². The number of likely N-dealkylation sites (N-methyl/N-ethyl adjacent to an activating group) is 1. The number of amides is 1. The fourth-order valence-corrected chi connectivity index (χ4v) is 4.42. The molecule has 0 radical (unpaired) electrons. The Hall–Kier alpha value is -1.51. The number of carbonyl (C=O) groups excluding carboxylic acids is 1. The van der Waals surface area contributed by atoms with E-state index in [1.807, 2.05) is 0 Å². The van der Waals surface area contributed by atoms with Crippen LogP contribution in [0.5, 0.6) is 0 Å². The van der Waals surface area contributed by atoms with E-state index >= 15 is 0 Å². The number of carbonyl (C=O) groups is 1. The normalized spacial score (nSPS) is 20.9. The largest absolute Gasteiger partial charge is 0.355 e. The molecule has 26 heavy (non-hydrogen) atoms. The highest BCUT2D eigenvalue weighted by molar-refractivity contribution is 7.89. The van der Waals surface area contributed by atoms with Crippen LogP contribution in [-0.4, -0.2) is 57.9 Å². The minimum Gasteiger partial charge on any atom is -0.355 e. The summed E-state index contributed by atoms with van der Waals surface area (Å²) in [5.41, 5.74) is 0. The monoisotopic (exact) mass is 386 g/mol. The Bertz CT molecular complexity index is 694. The van der Waals surface area contributed by atoms with Crippen LogP contribution >= 0.6 is 0 Å². The van der Waals surface area contributed by atoms with Crippen molar-refractivity contribution in [2.75, 3.05) is 33.2 Å². The first-order chi connectivity index (χ1) is 12.3. The van der Waals surface area contributed by atoms with Crippen LogP contribution in [0.1, 0.15) is 32.6 Å². The molecule has 8 heteroatoms. The molecule has 146 valence electrons. The summed E-state index contributed by atoms with van der Waals surface area (Å²) in [6.07, 6.45) is 4.70. The lowest BCUT2D eigenvalue weighted by Crippen LogP contribution is -3.16. The fourth-order valence-electron chi connectivity index (χ4n) is 3.30. The van der Waals surface area contributed by atoms with E-state index in [4.69, 9.17) is 0 Å². The molecule has 0 aliphatic carbocycles. The highest BCUT2D eigenvalue weighted by Gasteiger charge is 2.23. The third kappa shape index (κ3) is 5.75. The quantitative estimate of drug-likeness (QED) is 0.636. The van der Waals surface area contributed by atoms with Gasteiger partial charge in [-0.2, -0.15) is 4.31 Å². The average molecular weight is 387 g/mol.